The van der Waals surface area contributed by atoms with Crippen molar-refractivity contribution in [3.63, 3.8) is 0 Å². The second-order valence-corrected chi connectivity index (χ2v) is 4.93. The molecule has 0 saturated heterocycles. The fourth-order valence-corrected chi connectivity index (χ4v) is 2.15. The van der Waals surface area contributed by atoms with Gasteiger partial charge in [0, 0.05) is 6.07 Å². The van der Waals surface area contributed by atoms with E-state index in [-0.39, 0.29) is 0 Å². The van der Waals surface area contributed by atoms with Gasteiger partial charge in [0.2, 0.25) is 0 Å². The van der Waals surface area contributed by atoms with Crippen LogP contribution in [0.2, 0.25) is 0 Å². The number of aromatic nitrogens is 2. The van der Waals surface area contributed by atoms with Crippen LogP contribution in [0.3, 0.4) is 0 Å². The van der Waals surface area contributed by atoms with E-state index in [9.17, 15) is 0 Å². The quantitative estimate of drug-likeness (QED) is 0.793. The van der Waals surface area contributed by atoms with Crippen LogP contribution in [0.25, 0.3) is 0 Å². The Kier molecular flexibility index (Phi) is 3.60. The summed E-state index contributed by atoms with van der Waals surface area (Å²) >= 11 is 0. The number of aryl methyl sites for hydroxylation is 1. The molecule has 0 aliphatic rings. The number of para-hydroxylation sites is 1. The molecule has 2 N–H and O–H groups in total. The van der Waals surface area contributed by atoms with Crippen LogP contribution in [0.15, 0.2) is 60.7 Å². The van der Waals surface area contributed by atoms with Crippen LogP contribution in [-0.2, 0) is 6.54 Å². The third-order valence-electron chi connectivity index (χ3n) is 3.17. The Morgan fingerprint density at radius 1 is 1.00 bits per heavy atom. The topological polar surface area (TPSA) is 53.1 Å². The molecular formula is C17H17N3O. The Labute approximate surface area is 123 Å². The van der Waals surface area contributed by atoms with Crippen molar-refractivity contribution in [2.75, 3.05) is 5.73 Å². The van der Waals surface area contributed by atoms with Crippen molar-refractivity contribution in [2.24, 2.45) is 0 Å². The number of benzene rings is 2. The van der Waals surface area contributed by atoms with Crippen molar-refractivity contribution in [3.05, 3.63) is 71.9 Å². The van der Waals surface area contributed by atoms with Gasteiger partial charge in [-0.05, 0) is 36.8 Å². The molecule has 0 amide bonds. The van der Waals surface area contributed by atoms with Gasteiger partial charge in [0.1, 0.15) is 17.3 Å². The van der Waals surface area contributed by atoms with Gasteiger partial charge < -0.3 is 10.5 Å². The van der Waals surface area contributed by atoms with Gasteiger partial charge >= 0.3 is 0 Å². The molecule has 0 saturated carbocycles. The number of ether oxygens (including phenoxy) is 1. The van der Waals surface area contributed by atoms with E-state index in [4.69, 9.17) is 10.5 Å². The normalized spacial score (nSPS) is 10.5. The van der Waals surface area contributed by atoms with Crippen LogP contribution in [0.5, 0.6) is 11.5 Å². The minimum Gasteiger partial charge on any atom is -0.457 e. The van der Waals surface area contributed by atoms with Gasteiger partial charge in [0.25, 0.3) is 0 Å². The number of nitrogens with two attached hydrogens (primary N) is 1. The number of hydrogen-bond acceptors (Lipinski definition) is 3. The second-order valence-electron chi connectivity index (χ2n) is 4.93. The molecule has 4 heteroatoms. The van der Waals surface area contributed by atoms with Crippen LogP contribution < -0.4 is 10.5 Å². The Hall–Kier alpha value is -2.75. The van der Waals surface area contributed by atoms with E-state index in [1.807, 2.05) is 67.6 Å². The van der Waals surface area contributed by atoms with Crippen molar-refractivity contribution in [3.8, 4) is 11.5 Å². The standard InChI is InChI=1S/C17H17N3O/c1-13-11-17(18)20(19-13)12-14-7-9-16(10-8-14)21-15-5-3-2-4-6-15/h2-11H,12,18H2,1H3. The zero-order chi connectivity index (χ0) is 14.7. The van der Waals surface area contributed by atoms with Gasteiger partial charge in [-0.2, -0.15) is 5.10 Å². The Balaban J connectivity index is 1.71. The first-order chi connectivity index (χ1) is 10.2. The van der Waals surface area contributed by atoms with Crippen LogP contribution in [0.1, 0.15) is 11.3 Å². The van der Waals surface area contributed by atoms with Crippen LogP contribution in [-0.4, -0.2) is 9.78 Å². The first-order valence-electron chi connectivity index (χ1n) is 6.82. The number of rotatable bonds is 4. The molecule has 2 aromatic carbocycles. The lowest BCUT2D eigenvalue weighted by atomic mass is 10.2. The molecule has 0 aliphatic heterocycles. The number of nitrogen functional groups attached to an aromatic ring is 1. The fraction of sp³-hybridized carbons (Fsp3) is 0.118. The highest BCUT2D eigenvalue weighted by Gasteiger charge is 2.03. The summed E-state index contributed by atoms with van der Waals surface area (Å²) in [4.78, 5) is 0. The average Bonchev–Trinajstić information content (AvgIpc) is 2.80. The molecule has 0 unspecified atom stereocenters. The minimum absolute atomic E-state index is 0.658. The number of nitrogens with zero attached hydrogens (tertiary/aromatic N) is 2. The van der Waals surface area contributed by atoms with Crippen LogP contribution in [0, 0.1) is 6.92 Å². The zero-order valence-corrected chi connectivity index (χ0v) is 11.9. The summed E-state index contributed by atoms with van der Waals surface area (Å²) in [5, 5.41) is 4.36. The fourth-order valence-electron chi connectivity index (χ4n) is 2.15. The molecule has 3 aromatic rings. The van der Waals surface area contributed by atoms with Crippen LogP contribution in [0.4, 0.5) is 5.82 Å². The Morgan fingerprint density at radius 3 is 2.29 bits per heavy atom. The summed E-state index contributed by atoms with van der Waals surface area (Å²) in [5.74, 6) is 2.32. The first kappa shape index (κ1) is 13.2. The minimum atomic E-state index is 0.658. The molecule has 0 aliphatic carbocycles. The smallest absolute Gasteiger partial charge is 0.127 e. The van der Waals surface area contributed by atoms with E-state index in [1.165, 1.54) is 0 Å². The zero-order valence-electron chi connectivity index (χ0n) is 11.9. The highest BCUT2D eigenvalue weighted by molar-refractivity contribution is 5.35. The molecule has 0 bridgehead atoms. The maximum atomic E-state index is 5.90. The Morgan fingerprint density at radius 2 is 1.67 bits per heavy atom. The first-order valence-corrected chi connectivity index (χ1v) is 6.82. The molecule has 0 atom stereocenters. The van der Waals surface area contributed by atoms with Crippen molar-refractivity contribution >= 4 is 5.82 Å². The third-order valence-corrected chi connectivity index (χ3v) is 3.17. The summed E-state index contributed by atoms with van der Waals surface area (Å²) in [5.41, 5.74) is 7.95. The highest BCUT2D eigenvalue weighted by Crippen LogP contribution is 2.21. The monoisotopic (exact) mass is 279 g/mol. The van der Waals surface area contributed by atoms with E-state index in [0.29, 0.717) is 12.4 Å². The average molecular weight is 279 g/mol. The lowest BCUT2D eigenvalue weighted by Crippen LogP contribution is -2.05. The molecule has 0 fully saturated rings. The third kappa shape index (κ3) is 3.23. The maximum absolute atomic E-state index is 5.90. The predicted octanol–water partition coefficient (Wildman–Crippen LogP) is 3.61. The van der Waals surface area contributed by atoms with Crippen molar-refractivity contribution in [1.82, 2.24) is 9.78 Å². The largest absolute Gasteiger partial charge is 0.457 e. The van der Waals surface area contributed by atoms with Gasteiger partial charge in [0.15, 0.2) is 0 Å². The molecule has 106 valence electrons. The van der Waals surface area contributed by atoms with Gasteiger partial charge in [-0.3, -0.25) is 0 Å². The molecule has 1 heterocycles. The molecule has 21 heavy (non-hydrogen) atoms. The summed E-state index contributed by atoms with van der Waals surface area (Å²) in [6.45, 7) is 2.59. The lowest BCUT2D eigenvalue weighted by molar-refractivity contribution is 0.482. The summed E-state index contributed by atoms with van der Waals surface area (Å²) in [7, 11) is 0. The van der Waals surface area contributed by atoms with Gasteiger partial charge in [-0.15, -0.1) is 0 Å². The second kappa shape index (κ2) is 5.71. The SMILES string of the molecule is Cc1cc(N)n(Cc2ccc(Oc3ccccc3)cc2)n1. The lowest BCUT2D eigenvalue weighted by Gasteiger charge is -2.07. The van der Waals surface area contributed by atoms with E-state index in [1.54, 1.807) is 4.68 Å². The van der Waals surface area contributed by atoms with Crippen molar-refractivity contribution in [2.45, 2.75) is 13.5 Å². The molecule has 0 radical (unpaired) electrons. The number of hydrogen-bond donors (Lipinski definition) is 1. The maximum Gasteiger partial charge on any atom is 0.127 e. The Bertz CT molecular complexity index is 718. The molecule has 0 spiro atoms. The van der Waals surface area contributed by atoms with Gasteiger partial charge in [-0.25, -0.2) is 4.68 Å². The van der Waals surface area contributed by atoms with E-state index < -0.39 is 0 Å². The summed E-state index contributed by atoms with van der Waals surface area (Å²) in [6.07, 6.45) is 0. The summed E-state index contributed by atoms with van der Waals surface area (Å²) in [6, 6.07) is 19.5. The molecular weight excluding hydrogens is 262 g/mol. The van der Waals surface area contributed by atoms with E-state index in [2.05, 4.69) is 5.10 Å². The van der Waals surface area contributed by atoms with Crippen molar-refractivity contribution in [1.29, 1.82) is 0 Å². The van der Waals surface area contributed by atoms with Crippen LogP contribution >= 0.6 is 0 Å². The molecule has 4 nitrogen and oxygen atoms in total. The van der Waals surface area contributed by atoms with Gasteiger partial charge in [-0.1, -0.05) is 30.3 Å². The number of anilines is 1. The van der Waals surface area contributed by atoms with E-state index >= 15 is 0 Å². The predicted molar refractivity (Wildman–Crippen MR) is 83.4 cm³/mol. The van der Waals surface area contributed by atoms with E-state index in [0.717, 1.165) is 22.8 Å². The molecule has 3 rings (SSSR count). The summed E-state index contributed by atoms with van der Waals surface area (Å²) < 4.78 is 7.56. The van der Waals surface area contributed by atoms with Crippen molar-refractivity contribution < 1.29 is 4.74 Å². The van der Waals surface area contributed by atoms with Gasteiger partial charge in [0.05, 0.1) is 12.2 Å². The highest BCUT2D eigenvalue weighted by atomic mass is 16.5. The molecule has 1 aromatic heterocycles.